The van der Waals surface area contributed by atoms with Gasteiger partial charge in [0.2, 0.25) is 0 Å². The van der Waals surface area contributed by atoms with E-state index in [0.29, 0.717) is 52.2 Å². The molecule has 0 spiro atoms. The second-order valence-electron chi connectivity index (χ2n) is 16.8. The van der Waals surface area contributed by atoms with Gasteiger partial charge >= 0.3 is 17.9 Å². The SMILES string of the molecule is C=C(C)C(=O)OC1(C)CC2CCC1C2C(C)C1(OC(=O)C(=C)C)CC2CCC1C2CC(C)C1(OC(=O)C(=C)C)CC2CCC1C2. The minimum Gasteiger partial charge on any atom is -0.456 e. The van der Waals surface area contributed by atoms with Gasteiger partial charge in [0.1, 0.15) is 16.8 Å². The number of rotatable bonds is 11. The molecule has 0 aromatic rings. The van der Waals surface area contributed by atoms with Gasteiger partial charge in [-0.05, 0) is 146 Å². The molecule has 0 amide bonds. The number of carbonyl (C=O) groups is 3. The minimum absolute atomic E-state index is 0.134. The van der Waals surface area contributed by atoms with Crippen molar-refractivity contribution in [1.82, 2.24) is 0 Å². The molecule has 6 bridgehead atoms. The summed E-state index contributed by atoms with van der Waals surface area (Å²) in [4.78, 5) is 39.1. The number of ether oxygens (including phenoxy) is 3. The molecule has 13 unspecified atom stereocenters. The quantitative estimate of drug-likeness (QED) is 0.132. The molecule has 13 atom stereocenters. The van der Waals surface area contributed by atoms with E-state index in [-0.39, 0.29) is 41.6 Å². The van der Waals surface area contributed by atoms with E-state index in [4.69, 9.17) is 14.2 Å². The van der Waals surface area contributed by atoms with Crippen LogP contribution in [0, 0.1) is 59.2 Å². The van der Waals surface area contributed by atoms with Gasteiger partial charge in [0.25, 0.3) is 0 Å². The van der Waals surface area contributed by atoms with Gasteiger partial charge in [0.05, 0.1) is 0 Å². The number of hydrogen-bond acceptors (Lipinski definition) is 6. The fourth-order valence-corrected chi connectivity index (χ4v) is 12.2. The molecule has 6 heteroatoms. The third-order valence-electron chi connectivity index (χ3n) is 14.1. The first-order chi connectivity index (χ1) is 21.1. The molecule has 6 saturated carbocycles. The Labute approximate surface area is 270 Å². The summed E-state index contributed by atoms with van der Waals surface area (Å²) in [6.45, 7) is 23.6. The maximum atomic E-state index is 13.4. The van der Waals surface area contributed by atoms with Crippen LogP contribution < -0.4 is 0 Å². The average Bonchev–Trinajstić information content (AvgIpc) is 3.81. The minimum atomic E-state index is -0.575. The van der Waals surface area contributed by atoms with Crippen LogP contribution in [0.4, 0.5) is 0 Å². The third-order valence-corrected chi connectivity index (χ3v) is 14.1. The topological polar surface area (TPSA) is 78.9 Å². The summed E-state index contributed by atoms with van der Waals surface area (Å²) in [5, 5.41) is 0. The summed E-state index contributed by atoms with van der Waals surface area (Å²) in [6.07, 6.45) is 11.5. The van der Waals surface area contributed by atoms with Crippen LogP contribution in [-0.4, -0.2) is 34.7 Å². The number of carbonyl (C=O) groups excluding carboxylic acids is 3. The Morgan fingerprint density at radius 2 is 1.29 bits per heavy atom. The Hall–Kier alpha value is -2.37. The summed E-state index contributed by atoms with van der Waals surface area (Å²) in [7, 11) is 0. The predicted molar refractivity (Wildman–Crippen MR) is 174 cm³/mol. The van der Waals surface area contributed by atoms with Crippen LogP contribution in [0.5, 0.6) is 0 Å². The maximum absolute atomic E-state index is 13.4. The molecular weight excluding hydrogens is 564 g/mol. The van der Waals surface area contributed by atoms with Gasteiger partial charge in [0.15, 0.2) is 0 Å². The van der Waals surface area contributed by atoms with Gasteiger partial charge in [-0.2, -0.15) is 0 Å². The van der Waals surface area contributed by atoms with Crippen molar-refractivity contribution in [3.05, 3.63) is 36.5 Å². The summed E-state index contributed by atoms with van der Waals surface area (Å²) in [5.74, 6) is 2.67. The molecule has 0 N–H and O–H groups in total. The van der Waals surface area contributed by atoms with E-state index in [1.54, 1.807) is 20.8 Å². The first-order valence-electron chi connectivity index (χ1n) is 17.8. The lowest BCUT2D eigenvalue weighted by atomic mass is 9.66. The van der Waals surface area contributed by atoms with Gasteiger partial charge in [-0.3, -0.25) is 0 Å². The Kier molecular flexibility index (Phi) is 8.25. The van der Waals surface area contributed by atoms with E-state index >= 15 is 0 Å². The van der Waals surface area contributed by atoms with Crippen LogP contribution in [0.15, 0.2) is 36.5 Å². The van der Waals surface area contributed by atoms with Crippen molar-refractivity contribution in [2.24, 2.45) is 59.2 Å². The second-order valence-corrected chi connectivity index (χ2v) is 16.8. The standard InChI is InChI=1S/C39H56O6/c1-21(2)34(40)43-37(9)19-28-12-15-32(37)33(28)25(8)39(45-36(42)23(5)6)20-27-11-14-31(39)30(27)16-24(7)38(44-35(41)22(3)4)18-26-10-13-29(38)17-26/h24-33H,1,3,5,10-20H2,2,4,6-9H3. The van der Waals surface area contributed by atoms with E-state index < -0.39 is 16.8 Å². The van der Waals surface area contributed by atoms with Gasteiger partial charge in [-0.1, -0.05) is 33.6 Å². The summed E-state index contributed by atoms with van der Waals surface area (Å²) >= 11 is 0. The lowest BCUT2D eigenvalue weighted by molar-refractivity contribution is -0.178. The zero-order chi connectivity index (χ0) is 32.6. The van der Waals surface area contributed by atoms with Crippen molar-refractivity contribution in [3.63, 3.8) is 0 Å². The smallest absolute Gasteiger partial charge is 0.333 e. The highest BCUT2D eigenvalue weighted by atomic mass is 16.6. The highest BCUT2D eigenvalue weighted by molar-refractivity contribution is 5.88. The summed E-state index contributed by atoms with van der Waals surface area (Å²) in [6, 6.07) is 0. The lowest BCUT2D eigenvalue weighted by Crippen LogP contribution is -2.51. The first-order valence-corrected chi connectivity index (χ1v) is 17.8. The zero-order valence-electron chi connectivity index (χ0n) is 28.6. The van der Waals surface area contributed by atoms with Crippen LogP contribution in [0.1, 0.15) is 112 Å². The number of esters is 3. The Bertz CT molecular complexity index is 1300. The molecule has 0 saturated heterocycles. The molecule has 0 aromatic heterocycles. The van der Waals surface area contributed by atoms with Crippen molar-refractivity contribution in [1.29, 1.82) is 0 Å². The van der Waals surface area contributed by atoms with Crippen LogP contribution >= 0.6 is 0 Å². The van der Waals surface area contributed by atoms with E-state index in [1.165, 1.54) is 6.42 Å². The predicted octanol–water partition coefficient (Wildman–Crippen LogP) is 8.16. The normalized spacial score (nSPS) is 43.6. The maximum Gasteiger partial charge on any atom is 0.333 e. The molecule has 6 rings (SSSR count). The molecular formula is C39H56O6. The Morgan fingerprint density at radius 1 is 0.711 bits per heavy atom. The zero-order valence-corrected chi connectivity index (χ0v) is 28.6. The van der Waals surface area contributed by atoms with Gasteiger partial charge in [-0.15, -0.1) is 0 Å². The van der Waals surface area contributed by atoms with E-state index in [0.717, 1.165) is 64.2 Å². The molecule has 6 aliphatic rings. The van der Waals surface area contributed by atoms with Gasteiger partial charge < -0.3 is 14.2 Å². The lowest BCUT2D eigenvalue weighted by Gasteiger charge is -2.47. The second kappa shape index (κ2) is 11.4. The molecule has 0 aromatic carbocycles. The summed E-state index contributed by atoms with van der Waals surface area (Å²) in [5.41, 5.74) is -0.182. The first kappa shape index (κ1) is 32.6. The van der Waals surface area contributed by atoms with E-state index in [9.17, 15) is 14.4 Å². The molecule has 6 nitrogen and oxygen atoms in total. The Morgan fingerprint density at radius 3 is 1.87 bits per heavy atom. The van der Waals surface area contributed by atoms with Crippen LogP contribution in [-0.2, 0) is 28.6 Å². The van der Waals surface area contributed by atoms with Crippen molar-refractivity contribution < 1.29 is 28.6 Å². The van der Waals surface area contributed by atoms with Gasteiger partial charge in [0, 0.05) is 28.6 Å². The average molecular weight is 621 g/mol. The molecule has 6 fully saturated rings. The molecule has 0 heterocycles. The van der Waals surface area contributed by atoms with Crippen LogP contribution in [0.25, 0.3) is 0 Å². The highest BCUT2D eigenvalue weighted by Crippen LogP contribution is 2.68. The van der Waals surface area contributed by atoms with Crippen molar-refractivity contribution in [2.45, 2.75) is 129 Å². The van der Waals surface area contributed by atoms with Gasteiger partial charge in [-0.25, -0.2) is 14.4 Å². The monoisotopic (exact) mass is 620 g/mol. The molecule has 0 aliphatic heterocycles. The van der Waals surface area contributed by atoms with E-state index in [2.05, 4.69) is 40.5 Å². The Balaban J connectivity index is 1.29. The number of fused-ring (bicyclic) bond motifs is 6. The van der Waals surface area contributed by atoms with Crippen molar-refractivity contribution in [3.8, 4) is 0 Å². The molecule has 0 radical (unpaired) electrons. The fraction of sp³-hybridized carbons (Fsp3) is 0.769. The third kappa shape index (κ3) is 5.15. The summed E-state index contributed by atoms with van der Waals surface area (Å²) < 4.78 is 19.3. The largest absolute Gasteiger partial charge is 0.456 e. The van der Waals surface area contributed by atoms with Crippen LogP contribution in [0.2, 0.25) is 0 Å². The van der Waals surface area contributed by atoms with E-state index in [1.807, 2.05) is 0 Å². The number of hydrogen-bond donors (Lipinski definition) is 0. The fourth-order valence-electron chi connectivity index (χ4n) is 12.2. The van der Waals surface area contributed by atoms with Crippen molar-refractivity contribution in [2.75, 3.05) is 0 Å². The molecule has 248 valence electrons. The molecule has 45 heavy (non-hydrogen) atoms. The highest BCUT2D eigenvalue weighted by Gasteiger charge is 2.68. The van der Waals surface area contributed by atoms with Crippen molar-refractivity contribution >= 4 is 17.9 Å². The molecule has 6 aliphatic carbocycles. The van der Waals surface area contributed by atoms with Crippen LogP contribution in [0.3, 0.4) is 0 Å².